The topological polar surface area (TPSA) is 25.8 Å². The summed E-state index contributed by atoms with van der Waals surface area (Å²) < 4.78 is 0. The molecule has 2 aromatic heterocycles. The Morgan fingerprint density at radius 1 is 1.31 bits per heavy atom. The molecular weight excluding hydrogens is 248 g/mol. The summed E-state index contributed by atoms with van der Waals surface area (Å²) in [4.78, 5) is 9.53. The van der Waals surface area contributed by atoms with Crippen LogP contribution in [0.15, 0.2) is 30.7 Å². The van der Waals surface area contributed by atoms with Gasteiger partial charge in [0.05, 0.1) is 0 Å². The predicted molar refractivity (Wildman–Crippen MR) is 58.0 cm³/mol. The van der Waals surface area contributed by atoms with Gasteiger partial charge in [-0.2, -0.15) is 0 Å². The molecule has 2 heterocycles. The molecule has 0 radical (unpaired) electrons. The van der Waals surface area contributed by atoms with Crippen LogP contribution in [0.4, 0.5) is 0 Å². The Morgan fingerprint density at radius 3 is 2.69 bits per heavy atom. The van der Waals surface area contributed by atoms with E-state index in [0.29, 0.717) is 0 Å². The quantitative estimate of drug-likeness (QED) is 0.770. The number of halogens is 1. The number of nitrogens with zero attached hydrogens (tertiary/aromatic N) is 2. The molecule has 66 valence electrons. The van der Waals surface area contributed by atoms with Crippen LogP contribution < -0.4 is 0 Å². The molecule has 0 atom stereocenters. The molecule has 0 amide bonds. The lowest BCUT2D eigenvalue weighted by molar-refractivity contribution is 1.31. The molecule has 0 aromatic carbocycles. The molecule has 0 aliphatic rings. The van der Waals surface area contributed by atoms with Gasteiger partial charge in [-0.1, -0.05) is 15.9 Å². The number of hydrogen-bond donors (Lipinski definition) is 0. The molecule has 0 N–H and O–H groups in total. The standard InChI is InChI=1S/C9H7BrN2S/c10-5-8-6-12-9(13-8)7-1-3-11-4-2-7/h1-4,6H,5H2. The first kappa shape index (κ1) is 8.84. The molecule has 2 aromatic rings. The van der Waals surface area contributed by atoms with E-state index in [1.54, 1.807) is 23.7 Å². The van der Waals surface area contributed by atoms with E-state index in [9.17, 15) is 0 Å². The van der Waals surface area contributed by atoms with Gasteiger partial charge < -0.3 is 0 Å². The summed E-state index contributed by atoms with van der Waals surface area (Å²) in [5.41, 5.74) is 1.13. The smallest absolute Gasteiger partial charge is 0.123 e. The van der Waals surface area contributed by atoms with Crippen LogP contribution in [0.3, 0.4) is 0 Å². The Bertz CT molecular complexity index is 386. The maximum absolute atomic E-state index is 4.32. The number of aromatic nitrogens is 2. The van der Waals surface area contributed by atoms with Crippen LogP contribution in [0.2, 0.25) is 0 Å². The fourth-order valence-electron chi connectivity index (χ4n) is 0.997. The maximum atomic E-state index is 4.32. The van der Waals surface area contributed by atoms with Gasteiger partial charge >= 0.3 is 0 Å². The van der Waals surface area contributed by atoms with Gasteiger partial charge in [-0.3, -0.25) is 4.98 Å². The highest BCUT2D eigenvalue weighted by atomic mass is 79.9. The summed E-state index contributed by atoms with van der Waals surface area (Å²) in [5, 5.41) is 1.92. The van der Waals surface area contributed by atoms with Crippen molar-refractivity contribution in [3.05, 3.63) is 35.6 Å². The normalized spacial score (nSPS) is 10.2. The minimum Gasteiger partial charge on any atom is -0.265 e. The minimum atomic E-state index is 0.871. The summed E-state index contributed by atoms with van der Waals surface area (Å²) in [6, 6.07) is 3.94. The van der Waals surface area contributed by atoms with Crippen molar-refractivity contribution in [3.8, 4) is 10.6 Å². The number of rotatable bonds is 2. The van der Waals surface area contributed by atoms with Gasteiger partial charge in [0.2, 0.25) is 0 Å². The fourth-order valence-corrected chi connectivity index (χ4v) is 2.25. The van der Waals surface area contributed by atoms with Crippen molar-refractivity contribution in [2.45, 2.75) is 5.33 Å². The second kappa shape index (κ2) is 3.98. The Morgan fingerprint density at radius 2 is 2.08 bits per heavy atom. The summed E-state index contributed by atoms with van der Waals surface area (Å²) in [5.74, 6) is 0. The molecule has 0 saturated heterocycles. The predicted octanol–water partition coefficient (Wildman–Crippen LogP) is 3.10. The second-order valence-corrected chi connectivity index (χ2v) is 4.18. The maximum Gasteiger partial charge on any atom is 0.123 e. The molecule has 2 nitrogen and oxygen atoms in total. The monoisotopic (exact) mass is 254 g/mol. The minimum absolute atomic E-state index is 0.871. The lowest BCUT2D eigenvalue weighted by Crippen LogP contribution is -1.74. The SMILES string of the molecule is BrCc1cnc(-c2ccncc2)s1. The fraction of sp³-hybridized carbons (Fsp3) is 0.111. The van der Waals surface area contributed by atoms with Crippen molar-refractivity contribution in [2.24, 2.45) is 0 Å². The molecule has 0 fully saturated rings. The van der Waals surface area contributed by atoms with Crippen molar-refractivity contribution in [1.82, 2.24) is 9.97 Å². The first-order chi connectivity index (χ1) is 6.40. The molecule has 0 saturated carbocycles. The Balaban J connectivity index is 2.36. The molecule has 0 aliphatic heterocycles. The van der Waals surface area contributed by atoms with E-state index in [2.05, 4.69) is 25.9 Å². The van der Waals surface area contributed by atoms with Crippen molar-refractivity contribution >= 4 is 27.3 Å². The van der Waals surface area contributed by atoms with Crippen LogP contribution in [0.1, 0.15) is 4.88 Å². The molecular formula is C9H7BrN2S. The van der Waals surface area contributed by atoms with Gasteiger partial charge in [-0.05, 0) is 12.1 Å². The summed E-state index contributed by atoms with van der Waals surface area (Å²) >= 11 is 5.10. The highest BCUT2D eigenvalue weighted by molar-refractivity contribution is 9.08. The van der Waals surface area contributed by atoms with Crippen molar-refractivity contribution in [1.29, 1.82) is 0 Å². The van der Waals surface area contributed by atoms with Crippen LogP contribution in [0, 0.1) is 0 Å². The number of alkyl halides is 1. The van der Waals surface area contributed by atoms with Crippen LogP contribution in [-0.2, 0) is 5.33 Å². The summed E-state index contributed by atoms with van der Waals surface area (Å²) in [6.45, 7) is 0. The largest absolute Gasteiger partial charge is 0.265 e. The number of pyridine rings is 1. The summed E-state index contributed by atoms with van der Waals surface area (Å²) in [6.07, 6.45) is 5.46. The zero-order chi connectivity index (χ0) is 9.10. The molecule has 0 aliphatic carbocycles. The Labute approximate surface area is 88.8 Å². The highest BCUT2D eigenvalue weighted by Gasteiger charge is 2.02. The van der Waals surface area contributed by atoms with Gasteiger partial charge in [0.1, 0.15) is 5.01 Å². The zero-order valence-electron chi connectivity index (χ0n) is 6.77. The van der Waals surface area contributed by atoms with Crippen LogP contribution >= 0.6 is 27.3 Å². The molecule has 13 heavy (non-hydrogen) atoms. The number of hydrogen-bond acceptors (Lipinski definition) is 3. The third kappa shape index (κ3) is 1.95. The Hall–Kier alpha value is -0.740. The molecule has 2 rings (SSSR count). The Kier molecular flexibility index (Phi) is 2.71. The van der Waals surface area contributed by atoms with E-state index in [4.69, 9.17) is 0 Å². The average molecular weight is 255 g/mol. The van der Waals surface area contributed by atoms with Gasteiger partial charge in [0.25, 0.3) is 0 Å². The molecule has 4 heteroatoms. The van der Waals surface area contributed by atoms with Crippen molar-refractivity contribution in [3.63, 3.8) is 0 Å². The van der Waals surface area contributed by atoms with Crippen LogP contribution in [0.25, 0.3) is 10.6 Å². The first-order valence-corrected chi connectivity index (χ1v) is 5.75. The first-order valence-electron chi connectivity index (χ1n) is 3.81. The third-order valence-electron chi connectivity index (χ3n) is 1.61. The van der Waals surface area contributed by atoms with E-state index in [0.717, 1.165) is 15.9 Å². The molecule has 0 bridgehead atoms. The van der Waals surface area contributed by atoms with Crippen molar-refractivity contribution < 1.29 is 0 Å². The van der Waals surface area contributed by atoms with E-state index < -0.39 is 0 Å². The van der Waals surface area contributed by atoms with E-state index >= 15 is 0 Å². The third-order valence-corrected chi connectivity index (χ3v) is 3.63. The van der Waals surface area contributed by atoms with E-state index in [-0.39, 0.29) is 0 Å². The van der Waals surface area contributed by atoms with E-state index in [1.807, 2.05) is 18.3 Å². The molecule has 0 spiro atoms. The van der Waals surface area contributed by atoms with Crippen molar-refractivity contribution in [2.75, 3.05) is 0 Å². The van der Waals surface area contributed by atoms with E-state index in [1.165, 1.54) is 4.88 Å². The lowest BCUT2D eigenvalue weighted by atomic mass is 10.3. The summed E-state index contributed by atoms with van der Waals surface area (Å²) in [7, 11) is 0. The van der Waals surface area contributed by atoms with Gasteiger partial charge in [-0.25, -0.2) is 4.98 Å². The highest BCUT2D eigenvalue weighted by Crippen LogP contribution is 2.25. The van der Waals surface area contributed by atoms with Crippen LogP contribution in [0.5, 0.6) is 0 Å². The second-order valence-electron chi connectivity index (χ2n) is 2.50. The van der Waals surface area contributed by atoms with Crippen LogP contribution in [-0.4, -0.2) is 9.97 Å². The van der Waals surface area contributed by atoms with Gasteiger partial charge in [0, 0.05) is 34.4 Å². The van der Waals surface area contributed by atoms with Gasteiger partial charge in [0.15, 0.2) is 0 Å². The lowest BCUT2D eigenvalue weighted by Gasteiger charge is -1.92. The average Bonchev–Trinajstić information content (AvgIpc) is 2.67. The number of thiazole rings is 1. The zero-order valence-corrected chi connectivity index (χ0v) is 9.18. The molecule has 0 unspecified atom stereocenters. The van der Waals surface area contributed by atoms with Gasteiger partial charge in [-0.15, -0.1) is 11.3 Å².